The summed E-state index contributed by atoms with van der Waals surface area (Å²) >= 11 is 1.18. The molecule has 0 spiro atoms. The number of ether oxygens (including phenoxy) is 1. The fourth-order valence-corrected chi connectivity index (χ4v) is 2.68. The SMILES string of the molecule is Cc1ccc(-c2ncc(C(N)=O)s2)c(NC(=O)OC(C)(C)C)c1. The van der Waals surface area contributed by atoms with Gasteiger partial charge < -0.3 is 10.5 Å². The maximum atomic E-state index is 12.0. The number of carbonyl (C=O) groups excluding carboxylic acids is 2. The standard InChI is InChI=1S/C16H19N3O3S/c1-9-5-6-10(14-18-8-12(23-14)13(17)20)11(7-9)19-15(21)22-16(2,3)4/h5-8H,1-4H3,(H2,17,20)(H,19,21). The molecule has 0 aliphatic heterocycles. The van der Waals surface area contributed by atoms with Gasteiger partial charge in [0.05, 0.1) is 11.9 Å². The van der Waals surface area contributed by atoms with Crippen LogP contribution in [0, 0.1) is 6.92 Å². The monoisotopic (exact) mass is 333 g/mol. The second-order valence-electron chi connectivity index (χ2n) is 6.07. The Kier molecular flexibility index (Phi) is 4.70. The van der Waals surface area contributed by atoms with Gasteiger partial charge in [0.2, 0.25) is 0 Å². The fourth-order valence-electron chi connectivity index (χ4n) is 1.87. The van der Waals surface area contributed by atoms with E-state index in [0.717, 1.165) is 5.56 Å². The number of hydrogen-bond acceptors (Lipinski definition) is 5. The van der Waals surface area contributed by atoms with Crippen molar-refractivity contribution in [3.63, 3.8) is 0 Å². The quantitative estimate of drug-likeness (QED) is 0.898. The number of aromatic nitrogens is 1. The molecule has 1 aromatic heterocycles. The molecule has 0 saturated heterocycles. The Morgan fingerprint density at radius 1 is 1.30 bits per heavy atom. The Balaban J connectivity index is 2.33. The zero-order chi connectivity index (χ0) is 17.2. The number of anilines is 1. The fraction of sp³-hybridized carbons (Fsp3) is 0.312. The lowest BCUT2D eigenvalue weighted by atomic mass is 10.1. The summed E-state index contributed by atoms with van der Waals surface area (Å²) in [7, 11) is 0. The average Bonchev–Trinajstić information content (AvgIpc) is 2.86. The third-order valence-electron chi connectivity index (χ3n) is 2.79. The summed E-state index contributed by atoms with van der Waals surface area (Å²) in [5.41, 5.74) is 6.93. The summed E-state index contributed by atoms with van der Waals surface area (Å²) in [6.45, 7) is 7.30. The molecule has 2 aromatic rings. The first-order valence-electron chi connectivity index (χ1n) is 7.02. The number of benzene rings is 1. The lowest BCUT2D eigenvalue weighted by Gasteiger charge is -2.20. The van der Waals surface area contributed by atoms with E-state index in [1.165, 1.54) is 17.5 Å². The van der Waals surface area contributed by atoms with E-state index >= 15 is 0 Å². The van der Waals surface area contributed by atoms with E-state index in [9.17, 15) is 9.59 Å². The van der Waals surface area contributed by atoms with Gasteiger partial charge in [0.15, 0.2) is 0 Å². The van der Waals surface area contributed by atoms with Crippen molar-refractivity contribution < 1.29 is 14.3 Å². The summed E-state index contributed by atoms with van der Waals surface area (Å²) in [4.78, 5) is 27.8. The van der Waals surface area contributed by atoms with Gasteiger partial charge in [-0.15, -0.1) is 11.3 Å². The van der Waals surface area contributed by atoms with Crippen LogP contribution in [-0.4, -0.2) is 22.6 Å². The predicted molar refractivity (Wildman–Crippen MR) is 90.7 cm³/mol. The summed E-state index contributed by atoms with van der Waals surface area (Å²) < 4.78 is 5.27. The Bertz CT molecular complexity index is 747. The van der Waals surface area contributed by atoms with Crippen LogP contribution < -0.4 is 11.1 Å². The Hall–Kier alpha value is -2.41. The lowest BCUT2D eigenvalue weighted by molar-refractivity contribution is 0.0636. The Labute approximate surface area is 138 Å². The maximum absolute atomic E-state index is 12.0. The second kappa shape index (κ2) is 6.37. The summed E-state index contributed by atoms with van der Waals surface area (Å²) in [6, 6.07) is 5.57. The molecule has 0 aliphatic rings. The smallest absolute Gasteiger partial charge is 0.412 e. The van der Waals surface area contributed by atoms with Crippen molar-refractivity contribution in [1.29, 1.82) is 0 Å². The molecular weight excluding hydrogens is 314 g/mol. The van der Waals surface area contributed by atoms with E-state index < -0.39 is 17.6 Å². The third kappa shape index (κ3) is 4.53. The molecule has 2 rings (SSSR count). The highest BCUT2D eigenvalue weighted by Crippen LogP contribution is 2.32. The van der Waals surface area contributed by atoms with Gasteiger partial charge in [-0.3, -0.25) is 10.1 Å². The number of nitrogens with one attached hydrogen (secondary N) is 1. The van der Waals surface area contributed by atoms with Crippen molar-refractivity contribution in [2.75, 3.05) is 5.32 Å². The van der Waals surface area contributed by atoms with Crippen LogP contribution >= 0.6 is 11.3 Å². The molecule has 0 radical (unpaired) electrons. The molecule has 1 aromatic carbocycles. The molecule has 1 heterocycles. The largest absolute Gasteiger partial charge is 0.444 e. The van der Waals surface area contributed by atoms with Crippen LogP contribution in [0.4, 0.5) is 10.5 Å². The van der Waals surface area contributed by atoms with Gasteiger partial charge >= 0.3 is 6.09 Å². The normalized spacial score (nSPS) is 11.1. The van der Waals surface area contributed by atoms with Gasteiger partial charge in [-0.25, -0.2) is 9.78 Å². The molecule has 0 unspecified atom stereocenters. The topological polar surface area (TPSA) is 94.3 Å². The number of nitrogens with two attached hydrogens (primary N) is 1. The molecule has 23 heavy (non-hydrogen) atoms. The van der Waals surface area contributed by atoms with Crippen LogP contribution in [0.3, 0.4) is 0 Å². The van der Waals surface area contributed by atoms with E-state index in [2.05, 4.69) is 10.3 Å². The molecule has 0 bridgehead atoms. The minimum atomic E-state index is -0.589. The molecule has 2 amide bonds. The number of carbonyl (C=O) groups is 2. The van der Waals surface area contributed by atoms with E-state index in [0.29, 0.717) is 21.1 Å². The van der Waals surface area contributed by atoms with Gasteiger partial charge in [-0.05, 0) is 45.4 Å². The van der Waals surface area contributed by atoms with Gasteiger partial charge in [0.25, 0.3) is 5.91 Å². The van der Waals surface area contributed by atoms with Crippen molar-refractivity contribution >= 4 is 29.0 Å². The van der Waals surface area contributed by atoms with Crippen molar-refractivity contribution in [2.24, 2.45) is 5.73 Å². The predicted octanol–water partition coefficient (Wildman–Crippen LogP) is 3.56. The number of thiazole rings is 1. The minimum Gasteiger partial charge on any atom is -0.444 e. The number of rotatable bonds is 3. The van der Waals surface area contributed by atoms with Crippen molar-refractivity contribution in [3.05, 3.63) is 34.8 Å². The van der Waals surface area contributed by atoms with Gasteiger partial charge in [-0.2, -0.15) is 0 Å². The molecule has 122 valence electrons. The first kappa shape index (κ1) is 17.0. The van der Waals surface area contributed by atoms with E-state index in [1.807, 2.05) is 25.1 Å². The van der Waals surface area contributed by atoms with Crippen LogP contribution in [0.2, 0.25) is 0 Å². The summed E-state index contributed by atoms with van der Waals surface area (Å²) in [5, 5.41) is 3.34. The van der Waals surface area contributed by atoms with Crippen LogP contribution in [0.15, 0.2) is 24.4 Å². The van der Waals surface area contributed by atoms with Crippen LogP contribution in [0.25, 0.3) is 10.6 Å². The van der Waals surface area contributed by atoms with E-state index in [4.69, 9.17) is 10.5 Å². The van der Waals surface area contributed by atoms with Crippen LogP contribution in [0.1, 0.15) is 36.0 Å². The molecule has 0 fully saturated rings. The first-order chi connectivity index (χ1) is 10.7. The molecule has 0 aliphatic carbocycles. The van der Waals surface area contributed by atoms with Crippen LogP contribution in [-0.2, 0) is 4.74 Å². The van der Waals surface area contributed by atoms with Gasteiger partial charge in [0, 0.05) is 5.56 Å². The molecule has 7 heteroatoms. The van der Waals surface area contributed by atoms with Crippen molar-refractivity contribution in [3.8, 4) is 10.6 Å². The summed E-state index contributed by atoms with van der Waals surface area (Å²) in [5.74, 6) is -0.525. The van der Waals surface area contributed by atoms with E-state index in [-0.39, 0.29) is 0 Å². The number of hydrogen-bond donors (Lipinski definition) is 2. The average molecular weight is 333 g/mol. The summed E-state index contributed by atoms with van der Waals surface area (Å²) in [6.07, 6.45) is 0.885. The molecule has 0 atom stereocenters. The second-order valence-corrected chi connectivity index (χ2v) is 7.10. The minimum absolute atomic E-state index is 0.365. The number of aryl methyl sites for hydroxylation is 1. The molecule has 6 nitrogen and oxygen atoms in total. The van der Waals surface area contributed by atoms with Crippen molar-refractivity contribution in [2.45, 2.75) is 33.3 Å². The molecule has 0 saturated carbocycles. The maximum Gasteiger partial charge on any atom is 0.412 e. The number of nitrogens with zero attached hydrogens (tertiary/aromatic N) is 1. The van der Waals surface area contributed by atoms with Gasteiger partial charge in [-0.1, -0.05) is 6.07 Å². The highest BCUT2D eigenvalue weighted by Gasteiger charge is 2.19. The molecular formula is C16H19N3O3S. The third-order valence-corrected chi connectivity index (χ3v) is 3.83. The zero-order valence-electron chi connectivity index (χ0n) is 13.5. The number of primary amides is 1. The Morgan fingerprint density at radius 3 is 2.57 bits per heavy atom. The van der Waals surface area contributed by atoms with Gasteiger partial charge in [0.1, 0.15) is 15.5 Å². The highest BCUT2D eigenvalue weighted by atomic mass is 32.1. The first-order valence-corrected chi connectivity index (χ1v) is 7.84. The highest BCUT2D eigenvalue weighted by molar-refractivity contribution is 7.17. The van der Waals surface area contributed by atoms with Crippen LogP contribution in [0.5, 0.6) is 0 Å². The van der Waals surface area contributed by atoms with E-state index in [1.54, 1.807) is 20.8 Å². The zero-order valence-corrected chi connectivity index (χ0v) is 14.3. The van der Waals surface area contributed by atoms with Crippen molar-refractivity contribution in [1.82, 2.24) is 4.98 Å². The number of amides is 2. The molecule has 3 N–H and O–H groups in total. The lowest BCUT2D eigenvalue weighted by Crippen LogP contribution is -2.27. The Morgan fingerprint density at radius 2 is 2.00 bits per heavy atom.